The van der Waals surface area contributed by atoms with Gasteiger partial charge in [-0.1, -0.05) is 69.3 Å². The molecule has 0 radical (unpaired) electrons. The lowest BCUT2D eigenvalue weighted by atomic mass is 9.84. The largest absolute Gasteiger partial charge is 0.449 e. The van der Waals surface area contributed by atoms with Crippen molar-refractivity contribution in [3.8, 4) is 11.1 Å². The highest BCUT2D eigenvalue weighted by atomic mass is 16.5. The van der Waals surface area contributed by atoms with Crippen LogP contribution >= 0.6 is 0 Å². The third-order valence-corrected chi connectivity index (χ3v) is 5.21. The maximum atomic E-state index is 11.9. The number of ether oxygens (including phenoxy) is 1. The standard InChI is InChI=1S/C25H27N3O2/c1-5-30-24(29)28-27-20-15-14-16-10-6-7-11-17(16)21(20)22-18-12-8-9-13-19(18)26-23(22)25(2,3)4/h6-15,26-27H,5H2,1-4H3,(H,28,29). The number of hydrogen-bond acceptors (Lipinski definition) is 3. The number of aromatic amines is 1. The Balaban J connectivity index is 2.00. The van der Waals surface area contributed by atoms with Crippen molar-refractivity contribution in [2.45, 2.75) is 33.1 Å². The number of carbonyl (C=O) groups excluding carboxylic acids is 1. The predicted octanol–water partition coefficient (Wildman–Crippen LogP) is 6.36. The van der Waals surface area contributed by atoms with E-state index < -0.39 is 6.09 Å². The molecule has 30 heavy (non-hydrogen) atoms. The normalized spacial score (nSPS) is 11.6. The van der Waals surface area contributed by atoms with Gasteiger partial charge in [-0.15, -0.1) is 0 Å². The van der Waals surface area contributed by atoms with Gasteiger partial charge in [-0.25, -0.2) is 10.2 Å². The van der Waals surface area contributed by atoms with E-state index in [1.165, 1.54) is 0 Å². The molecule has 0 unspecified atom stereocenters. The number of nitrogens with one attached hydrogen (secondary N) is 3. The predicted molar refractivity (Wildman–Crippen MR) is 124 cm³/mol. The van der Waals surface area contributed by atoms with Crippen molar-refractivity contribution in [2.24, 2.45) is 0 Å². The summed E-state index contributed by atoms with van der Waals surface area (Å²) in [6.45, 7) is 8.71. The van der Waals surface area contributed by atoms with E-state index in [1.807, 2.05) is 24.3 Å². The number of rotatable bonds is 4. The van der Waals surface area contributed by atoms with E-state index in [1.54, 1.807) is 6.92 Å². The Morgan fingerprint density at radius 3 is 2.37 bits per heavy atom. The fourth-order valence-corrected chi connectivity index (χ4v) is 3.89. The van der Waals surface area contributed by atoms with Crippen LogP contribution in [-0.4, -0.2) is 17.7 Å². The molecule has 3 aromatic carbocycles. The first-order chi connectivity index (χ1) is 14.4. The molecule has 4 aromatic rings. The zero-order chi connectivity index (χ0) is 21.3. The number of amides is 1. The lowest BCUT2D eigenvalue weighted by Crippen LogP contribution is -2.30. The molecular weight excluding hydrogens is 374 g/mol. The van der Waals surface area contributed by atoms with Crippen LogP contribution in [0.3, 0.4) is 0 Å². The summed E-state index contributed by atoms with van der Waals surface area (Å²) < 4.78 is 5.01. The molecule has 0 fully saturated rings. The van der Waals surface area contributed by atoms with Crippen LogP contribution in [0.4, 0.5) is 10.5 Å². The molecule has 0 aliphatic heterocycles. The lowest BCUT2D eigenvalue weighted by molar-refractivity contribution is 0.154. The molecule has 1 heterocycles. The first-order valence-electron chi connectivity index (χ1n) is 10.2. The Hall–Kier alpha value is -3.47. The fourth-order valence-electron chi connectivity index (χ4n) is 3.89. The number of fused-ring (bicyclic) bond motifs is 2. The van der Waals surface area contributed by atoms with Crippen LogP contribution in [0.25, 0.3) is 32.8 Å². The molecule has 154 valence electrons. The second-order valence-corrected chi connectivity index (χ2v) is 8.35. The molecule has 0 aliphatic rings. The van der Waals surface area contributed by atoms with Crippen molar-refractivity contribution in [3.63, 3.8) is 0 Å². The molecule has 0 atom stereocenters. The van der Waals surface area contributed by atoms with Crippen molar-refractivity contribution in [2.75, 3.05) is 12.0 Å². The zero-order valence-corrected chi connectivity index (χ0v) is 17.8. The van der Waals surface area contributed by atoms with Crippen LogP contribution in [0.15, 0.2) is 60.7 Å². The number of benzene rings is 3. The SMILES string of the molecule is CCOC(=O)NNc1ccc2ccccc2c1-c1c(C(C)(C)C)[nH]c2ccccc12. The monoisotopic (exact) mass is 401 g/mol. The number of aromatic nitrogens is 1. The van der Waals surface area contributed by atoms with Gasteiger partial charge in [-0.3, -0.25) is 5.43 Å². The van der Waals surface area contributed by atoms with Gasteiger partial charge < -0.3 is 9.72 Å². The van der Waals surface area contributed by atoms with Crippen LogP contribution in [0, 0.1) is 0 Å². The highest BCUT2D eigenvalue weighted by Gasteiger charge is 2.26. The van der Waals surface area contributed by atoms with E-state index >= 15 is 0 Å². The minimum atomic E-state index is -0.508. The first-order valence-corrected chi connectivity index (χ1v) is 10.2. The number of para-hydroxylation sites is 1. The quantitative estimate of drug-likeness (QED) is 0.349. The summed E-state index contributed by atoms with van der Waals surface area (Å²) in [5, 5.41) is 3.40. The second-order valence-electron chi connectivity index (χ2n) is 8.35. The molecule has 1 aromatic heterocycles. The Morgan fingerprint density at radius 2 is 1.63 bits per heavy atom. The molecule has 0 spiro atoms. The van der Waals surface area contributed by atoms with Crippen LogP contribution in [-0.2, 0) is 10.2 Å². The first kappa shape index (κ1) is 19.8. The van der Waals surface area contributed by atoms with Gasteiger partial charge >= 0.3 is 6.09 Å². The van der Waals surface area contributed by atoms with Crippen molar-refractivity contribution in [3.05, 3.63) is 66.4 Å². The van der Waals surface area contributed by atoms with E-state index in [2.05, 4.69) is 73.0 Å². The average molecular weight is 402 g/mol. The van der Waals surface area contributed by atoms with Crippen molar-refractivity contribution < 1.29 is 9.53 Å². The summed E-state index contributed by atoms with van der Waals surface area (Å²) in [4.78, 5) is 15.6. The molecule has 5 heteroatoms. The molecular formula is C25H27N3O2. The van der Waals surface area contributed by atoms with Gasteiger partial charge in [0.15, 0.2) is 0 Å². The minimum absolute atomic E-state index is 0.100. The lowest BCUT2D eigenvalue weighted by Gasteiger charge is -2.22. The van der Waals surface area contributed by atoms with Gasteiger partial charge in [0.25, 0.3) is 0 Å². The van der Waals surface area contributed by atoms with Gasteiger partial charge in [0.2, 0.25) is 0 Å². The second kappa shape index (κ2) is 7.75. The van der Waals surface area contributed by atoms with Gasteiger partial charge in [-0.05, 0) is 29.8 Å². The molecule has 0 aliphatic carbocycles. The van der Waals surface area contributed by atoms with Gasteiger partial charge in [0, 0.05) is 33.1 Å². The summed E-state index contributed by atoms with van der Waals surface area (Å²) in [6.07, 6.45) is -0.508. The summed E-state index contributed by atoms with van der Waals surface area (Å²) in [5.74, 6) is 0. The van der Waals surface area contributed by atoms with E-state index in [-0.39, 0.29) is 5.41 Å². The topological polar surface area (TPSA) is 66.2 Å². The maximum Gasteiger partial charge on any atom is 0.425 e. The van der Waals surface area contributed by atoms with Gasteiger partial charge in [0.1, 0.15) is 0 Å². The van der Waals surface area contributed by atoms with Crippen molar-refractivity contribution in [1.82, 2.24) is 10.4 Å². The number of H-pyrrole nitrogens is 1. The average Bonchev–Trinajstić information content (AvgIpc) is 3.12. The van der Waals surface area contributed by atoms with Crippen molar-refractivity contribution >= 4 is 33.5 Å². The van der Waals surface area contributed by atoms with E-state index in [4.69, 9.17) is 4.74 Å². The molecule has 0 saturated carbocycles. The number of hydrogen-bond donors (Lipinski definition) is 3. The summed E-state index contributed by atoms with van der Waals surface area (Å²) >= 11 is 0. The Bertz CT molecular complexity index is 1220. The van der Waals surface area contributed by atoms with Crippen LogP contribution in [0.1, 0.15) is 33.4 Å². The Labute approximate surface area is 176 Å². The van der Waals surface area contributed by atoms with E-state index in [0.29, 0.717) is 6.61 Å². The van der Waals surface area contributed by atoms with Crippen molar-refractivity contribution in [1.29, 1.82) is 0 Å². The smallest absolute Gasteiger partial charge is 0.425 e. The Kier molecular flexibility index (Phi) is 5.12. The fraction of sp³-hybridized carbons (Fsp3) is 0.240. The van der Waals surface area contributed by atoms with Gasteiger partial charge in [0.05, 0.1) is 12.3 Å². The molecule has 5 nitrogen and oxygen atoms in total. The molecule has 0 saturated heterocycles. The van der Waals surface area contributed by atoms with Crippen LogP contribution < -0.4 is 10.9 Å². The van der Waals surface area contributed by atoms with Crippen LogP contribution in [0.2, 0.25) is 0 Å². The minimum Gasteiger partial charge on any atom is -0.449 e. The number of carbonyl (C=O) groups is 1. The molecule has 1 amide bonds. The molecule has 3 N–H and O–H groups in total. The summed E-state index contributed by atoms with van der Waals surface area (Å²) in [6, 6.07) is 20.7. The van der Waals surface area contributed by atoms with E-state index in [9.17, 15) is 4.79 Å². The molecule has 4 rings (SSSR count). The highest BCUT2D eigenvalue weighted by molar-refractivity contribution is 6.11. The summed E-state index contributed by atoms with van der Waals surface area (Å²) in [5.41, 5.74) is 10.9. The number of hydrazine groups is 1. The number of anilines is 1. The van der Waals surface area contributed by atoms with E-state index in [0.717, 1.165) is 44.2 Å². The molecule has 0 bridgehead atoms. The van der Waals surface area contributed by atoms with Crippen LogP contribution in [0.5, 0.6) is 0 Å². The Morgan fingerprint density at radius 1 is 0.933 bits per heavy atom. The van der Waals surface area contributed by atoms with Gasteiger partial charge in [-0.2, -0.15) is 0 Å². The third-order valence-electron chi connectivity index (χ3n) is 5.21. The third kappa shape index (κ3) is 3.59. The maximum absolute atomic E-state index is 11.9. The zero-order valence-electron chi connectivity index (χ0n) is 17.8. The summed E-state index contributed by atoms with van der Waals surface area (Å²) in [7, 11) is 0. The highest BCUT2D eigenvalue weighted by Crippen LogP contribution is 2.44.